The summed E-state index contributed by atoms with van der Waals surface area (Å²) in [6, 6.07) is 0.837. The maximum Gasteiger partial charge on any atom is 0.0597 e. The predicted octanol–water partition coefficient (Wildman–Crippen LogP) is 0.297. The van der Waals surface area contributed by atoms with Gasteiger partial charge in [-0.3, -0.25) is 4.90 Å². The quantitative estimate of drug-likeness (QED) is 0.651. The highest BCUT2D eigenvalue weighted by molar-refractivity contribution is 4.80. The first-order valence-corrected chi connectivity index (χ1v) is 5.21. The molecule has 2 atom stereocenters. The second-order valence-electron chi connectivity index (χ2n) is 4.44. The highest BCUT2D eigenvalue weighted by atomic mass is 16.3. The van der Waals surface area contributed by atoms with E-state index in [1.165, 1.54) is 0 Å². The zero-order valence-electron chi connectivity index (χ0n) is 8.95. The van der Waals surface area contributed by atoms with Crippen LogP contribution in [0.25, 0.3) is 0 Å². The van der Waals surface area contributed by atoms with Crippen molar-refractivity contribution in [3.63, 3.8) is 0 Å². The molecule has 0 saturated carbocycles. The predicted molar refractivity (Wildman–Crippen MR) is 54.7 cm³/mol. The molecule has 0 aromatic rings. The number of rotatable bonds is 2. The Kier molecular flexibility index (Phi) is 4.16. The molecule has 1 aliphatic heterocycles. The van der Waals surface area contributed by atoms with Crippen LogP contribution < -0.4 is 5.32 Å². The average molecular weight is 186 g/mol. The van der Waals surface area contributed by atoms with Gasteiger partial charge in [0, 0.05) is 25.2 Å². The van der Waals surface area contributed by atoms with Gasteiger partial charge in [-0.05, 0) is 26.3 Å². The van der Waals surface area contributed by atoms with Crippen molar-refractivity contribution < 1.29 is 5.11 Å². The third kappa shape index (κ3) is 3.25. The lowest BCUT2D eigenvalue weighted by Gasteiger charge is -2.27. The van der Waals surface area contributed by atoms with Crippen LogP contribution in [0.1, 0.15) is 20.8 Å². The molecule has 1 saturated heterocycles. The van der Waals surface area contributed by atoms with Gasteiger partial charge in [-0.25, -0.2) is 0 Å². The molecule has 0 aromatic heterocycles. The average Bonchev–Trinajstić information content (AvgIpc) is 2.27. The number of hydrogen-bond acceptors (Lipinski definition) is 3. The SMILES string of the molecule is CC1CNC(CO)CN(C(C)C)C1. The van der Waals surface area contributed by atoms with Gasteiger partial charge in [0.15, 0.2) is 0 Å². The Morgan fingerprint density at radius 3 is 2.69 bits per heavy atom. The third-order valence-electron chi connectivity index (χ3n) is 2.71. The summed E-state index contributed by atoms with van der Waals surface area (Å²) in [7, 11) is 0. The normalized spacial score (nSPS) is 32.1. The van der Waals surface area contributed by atoms with E-state index in [0.29, 0.717) is 12.0 Å². The van der Waals surface area contributed by atoms with Gasteiger partial charge in [0.1, 0.15) is 0 Å². The minimum absolute atomic E-state index is 0.246. The lowest BCUT2D eigenvalue weighted by atomic mass is 10.1. The van der Waals surface area contributed by atoms with E-state index in [1.807, 2.05) is 0 Å². The van der Waals surface area contributed by atoms with Gasteiger partial charge in [0.2, 0.25) is 0 Å². The van der Waals surface area contributed by atoms with E-state index in [1.54, 1.807) is 0 Å². The van der Waals surface area contributed by atoms with Crippen molar-refractivity contribution in [3.05, 3.63) is 0 Å². The van der Waals surface area contributed by atoms with E-state index >= 15 is 0 Å². The van der Waals surface area contributed by atoms with E-state index in [9.17, 15) is 0 Å². The van der Waals surface area contributed by atoms with Gasteiger partial charge >= 0.3 is 0 Å². The maximum absolute atomic E-state index is 9.11. The summed E-state index contributed by atoms with van der Waals surface area (Å²) in [5.41, 5.74) is 0. The summed E-state index contributed by atoms with van der Waals surface area (Å²) < 4.78 is 0. The first-order valence-electron chi connectivity index (χ1n) is 5.21. The fraction of sp³-hybridized carbons (Fsp3) is 1.00. The van der Waals surface area contributed by atoms with Crippen molar-refractivity contribution in [1.82, 2.24) is 10.2 Å². The highest BCUT2D eigenvalue weighted by Crippen LogP contribution is 2.09. The zero-order valence-corrected chi connectivity index (χ0v) is 8.95. The van der Waals surface area contributed by atoms with Crippen LogP contribution in [0.4, 0.5) is 0 Å². The molecule has 1 fully saturated rings. The fourth-order valence-electron chi connectivity index (χ4n) is 1.80. The molecule has 0 aliphatic carbocycles. The summed E-state index contributed by atoms with van der Waals surface area (Å²) in [6.45, 7) is 10.1. The number of hydrogen-bond donors (Lipinski definition) is 2. The second kappa shape index (κ2) is 4.94. The Hall–Kier alpha value is -0.120. The van der Waals surface area contributed by atoms with E-state index in [4.69, 9.17) is 5.11 Å². The molecule has 0 bridgehead atoms. The van der Waals surface area contributed by atoms with E-state index in [2.05, 4.69) is 31.0 Å². The number of nitrogens with zero attached hydrogens (tertiary/aromatic N) is 1. The van der Waals surface area contributed by atoms with Crippen LogP contribution in [0.5, 0.6) is 0 Å². The van der Waals surface area contributed by atoms with Crippen molar-refractivity contribution in [3.8, 4) is 0 Å². The highest BCUT2D eigenvalue weighted by Gasteiger charge is 2.22. The molecule has 13 heavy (non-hydrogen) atoms. The first-order chi connectivity index (χ1) is 6.13. The Balaban J connectivity index is 2.52. The molecule has 1 rings (SSSR count). The molecule has 0 spiro atoms. The Morgan fingerprint density at radius 2 is 2.15 bits per heavy atom. The lowest BCUT2D eigenvalue weighted by molar-refractivity contribution is 0.170. The summed E-state index contributed by atoms with van der Waals surface area (Å²) in [5, 5.41) is 12.5. The summed E-state index contributed by atoms with van der Waals surface area (Å²) >= 11 is 0. The molecule has 3 heteroatoms. The largest absolute Gasteiger partial charge is 0.395 e. The first kappa shape index (κ1) is 11.0. The van der Waals surface area contributed by atoms with Crippen molar-refractivity contribution in [2.75, 3.05) is 26.2 Å². The van der Waals surface area contributed by atoms with Crippen LogP contribution in [0.3, 0.4) is 0 Å². The van der Waals surface area contributed by atoms with Gasteiger partial charge in [-0.15, -0.1) is 0 Å². The van der Waals surface area contributed by atoms with Gasteiger partial charge in [-0.1, -0.05) is 6.92 Å². The Morgan fingerprint density at radius 1 is 1.46 bits per heavy atom. The van der Waals surface area contributed by atoms with Crippen molar-refractivity contribution in [1.29, 1.82) is 0 Å². The van der Waals surface area contributed by atoms with Crippen LogP contribution in [-0.4, -0.2) is 48.3 Å². The van der Waals surface area contributed by atoms with Crippen LogP contribution in [-0.2, 0) is 0 Å². The fourth-order valence-corrected chi connectivity index (χ4v) is 1.80. The molecule has 0 aromatic carbocycles. The molecular weight excluding hydrogens is 164 g/mol. The van der Waals surface area contributed by atoms with Crippen LogP contribution in [0.2, 0.25) is 0 Å². The molecule has 78 valence electrons. The molecule has 1 aliphatic rings. The molecule has 3 nitrogen and oxygen atoms in total. The monoisotopic (exact) mass is 186 g/mol. The van der Waals surface area contributed by atoms with Crippen molar-refractivity contribution >= 4 is 0 Å². The second-order valence-corrected chi connectivity index (χ2v) is 4.44. The van der Waals surface area contributed by atoms with E-state index in [-0.39, 0.29) is 12.6 Å². The summed E-state index contributed by atoms with van der Waals surface area (Å²) in [5.74, 6) is 0.680. The molecule has 0 radical (unpaired) electrons. The van der Waals surface area contributed by atoms with E-state index in [0.717, 1.165) is 19.6 Å². The van der Waals surface area contributed by atoms with Gasteiger partial charge in [0.25, 0.3) is 0 Å². The standard InChI is InChI=1S/C10H22N2O/c1-8(2)12-5-9(3)4-11-10(6-12)7-13/h8-11,13H,4-7H2,1-3H3. The molecule has 0 amide bonds. The summed E-state index contributed by atoms with van der Waals surface area (Å²) in [4.78, 5) is 2.44. The Labute approximate surface area is 81.1 Å². The van der Waals surface area contributed by atoms with Crippen molar-refractivity contribution in [2.45, 2.75) is 32.9 Å². The minimum atomic E-state index is 0.246. The topological polar surface area (TPSA) is 35.5 Å². The number of nitrogens with one attached hydrogen (secondary N) is 1. The Bertz CT molecular complexity index is 150. The van der Waals surface area contributed by atoms with Crippen LogP contribution in [0, 0.1) is 5.92 Å². The third-order valence-corrected chi connectivity index (χ3v) is 2.71. The van der Waals surface area contributed by atoms with Gasteiger partial charge in [0.05, 0.1) is 6.61 Å². The molecule has 1 heterocycles. The smallest absolute Gasteiger partial charge is 0.0597 e. The minimum Gasteiger partial charge on any atom is -0.395 e. The van der Waals surface area contributed by atoms with E-state index < -0.39 is 0 Å². The van der Waals surface area contributed by atoms with Gasteiger partial charge < -0.3 is 10.4 Å². The van der Waals surface area contributed by atoms with Crippen LogP contribution in [0.15, 0.2) is 0 Å². The maximum atomic E-state index is 9.11. The number of aliphatic hydroxyl groups excluding tert-OH is 1. The lowest BCUT2D eigenvalue weighted by Crippen LogP contribution is -2.42. The number of aliphatic hydroxyl groups is 1. The molecular formula is C10H22N2O. The zero-order chi connectivity index (χ0) is 9.84. The summed E-state index contributed by atoms with van der Waals surface area (Å²) in [6.07, 6.45) is 0. The van der Waals surface area contributed by atoms with Crippen LogP contribution >= 0.6 is 0 Å². The van der Waals surface area contributed by atoms with Gasteiger partial charge in [-0.2, -0.15) is 0 Å². The molecule has 2 unspecified atom stereocenters. The van der Waals surface area contributed by atoms with Crippen molar-refractivity contribution in [2.24, 2.45) is 5.92 Å². The molecule has 2 N–H and O–H groups in total.